The lowest BCUT2D eigenvalue weighted by molar-refractivity contribution is 0.668. The summed E-state index contributed by atoms with van der Waals surface area (Å²) in [5.41, 5.74) is 10.7. The molecule has 0 amide bonds. The Labute approximate surface area is 355 Å². The molecule has 3 aromatic heterocycles. The van der Waals surface area contributed by atoms with Gasteiger partial charge >= 0.3 is 0 Å². The van der Waals surface area contributed by atoms with Gasteiger partial charge in [-0.05, 0) is 109 Å². The molecule has 0 N–H and O–H groups in total. The van der Waals surface area contributed by atoms with Crippen molar-refractivity contribution < 1.29 is 8.83 Å². The van der Waals surface area contributed by atoms with Crippen LogP contribution >= 0.6 is 0 Å². The van der Waals surface area contributed by atoms with Gasteiger partial charge in [0.2, 0.25) is 0 Å². The molecule has 0 spiro atoms. The zero-order valence-electron chi connectivity index (χ0n) is 33.2. The Bertz CT molecular complexity index is 3940. The summed E-state index contributed by atoms with van der Waals surface area (Å²) in [7, 11) is 0. The molecule has 0 bridgehead atoms. The van der Waals surface area contributed by atoms with Crippen molar-refractivity contribution in [2.75, 3.05) is 0 Å². The van der Waals surface area contributed by atoms with Crippen molar-refractivity contribution in [1.82, 2.24) is 15.0 Å². The minimum Gasteiger partial charge on any atom is -0.456 e. The lowest BCUT2D eigenvalue weighted by Gasteiger charge is -2.14. The first-order valence-electron chi connectivity index (χ1n) is 20.8. The molecule has 13 aromatic rings. The van der Waals surface area contributed by atoms with E-state index in [-0.39, 0.29) is 0 Å². The average Bonchev–Trinajstić information content (AvgIpc) is 3.92. The van der Waals surface area contributed by atoms with Crippen LogP contribution in [0.3, 0.4) is 0 Å². The van der Waals surface area contributed by atoms with Gasteiger partial charge in [0.05, 0.1) is 0 Å². The van der Waals surface area contributed by atoms with Gasteiger partial charge in [0.15, 0.2) is 17.5 Å². The largest absolute Gasteiger partial charge is 0.456 e. The summed E-state index contributed by atoms with van der Waals surface area (Å²) in [4.78, 5) is 15.9. The van der Waals surface area contributed by atoms with Gasteiger partial charge < -0.3 is 8.83 Å². The normalized spacial score (nSPS) is 11.9. The molecule has 0 atom stereocenters. The highest BCUT2D eigenvalue weighted by Crippen LogP contribution is 2.42. The number of fused-ring (bicyclic) bond motifs is 10. The fourth-order valence-electron chi connectivity index (χ4n) is 9.31. The monoisotopic (exact) mass is 791 g/mol. The molecule has 0 unspecified atom stereocenters. The van der Waals surface area contributed by atoms with E-state index in [0.717, 1.165) is 110 Å². The third kappa shape index (κ3) is 5.52. The Morgan fingerprint density at radius 2 is 0.790 bits per heavy atom. The van der Waals surface area contributed by atoms with Gasteiger partial charge in [-0.25, -0.2) is 15.0 Å². The van der Waals surface area contributed by atoms with Crippen LogP contribution in [0.2, 0.25) is 0 Å². The lowest BCUT2D eigenvalue weighted by atomic mass is 9.92. The Balaban J connectivity index is 1.03. The van der Waals surface area contributed by atoms with E-state index in [0.29, 0.717) is 17.5 Å². The van der Waals surface area contributed by atoms with Crippen molar-refractivity contribution in [3.8, 4) is 56.4 Å². The van der Waals surface area contributed by atoms with E-state index in [9.17, 15) is 0 Å². The van der Waals surface area contributed by atoms with Crippen LogP contribution in [0.5, 0.6) is 0 Å². The molecule has 13 rings (SSSR count). The van der Waals surface area contributed by atoms with E-state index in [1.54, 1.807) is 0 Å². The molecule has 62 heavy (non-hydrogen) atoms. The Morgan fingerprint density at radius 1 is 0.258 bits per heavy atom. The number of hydrogen-bond donors (Lipinski definition) is 0. The first-order chi connectivity index (χ1) is 30.7. The third-order valence-electron chi connectivity index (χ3n) is 12.3. The summed E-state index contributed by atoms with van der Waals surface area (Å²) in [6.07, 6.45) is 0. The Kier molecular flexibility index (Phi) is 7.54. The summed E-state index contributed by atoms with van der Waals surface area (Å²) < 4.78 is 12.6. The highest BCUT2D eigenvalue weighted by Gasteiger charge is 2.19. The smallest absolute Gasteiger partial charge is 0.164 e. The maximum absolute atomic E-state index is 6.37. The van der Waals surface area contributed by atoms with E-state index in [2.05, 4.69) is 164 Å². The second-order valence-corrected chi connectivity index (χ2v) is 15.9. The lowest BCUT2D eigenvalue weighted by Crippen LogP contribution is -2.01. The Morgan fingerprint density at radius 3 is 1.56 bits per heavy atom. The molecule has 0 radical (unpaired) electrons. The van der Waals surface area contributed by atoms with Crippen LogP contribution in [0.15, 0.2) is 209 Å². The minimum absolute atomic E-state index is 0.593. The van der Waals surface area contributed by atoms with Crippen LogP contribution < -0.4 is 0 Å². The van der Waals surface area contributed by atoms with E-state index in [1.807, 2.05) is 36.4 Å². The maximum Gasteiger partial charge on any atom is 0.164 e. The van der Waals surface area contributed by atoms with Crippen LogP contribution in [-0.4, -0.2) is 15.0 Å². The van der Waals surface area contributed by atoms with Crippen molar-refractivity contribution in [3.63, 3.8) is 0 Å². The van der Waals surface area contributed by atoms with Crippen molar-refractivity contribution >= 4 is 76.2 Å². The summed E-state index contributed by atoms with van der Waals surface area (Å²) >= 11 is 0. The quantitative estimate of drug-likeness (QED) is 0.174. The molecule has 5 heteroatoms. The fourth-order valence-corrected chi connectivity index (χ4v) is 9.31. The predicted molar refractivity (Wildman–Crippen MR) is 254 cm³/mol. The number of para-hydroxylation sites is 2. The van der Waals surface area contributed by atoms with Gasteiger partial charge in [0, 0.05) is 38.2 Å². The second-order valence-electron chi connectivity index (χ2n) is 15.9. The molecular weight excluding hydrogens is 759 g/mol. The van der Waals surface area contributed by atoms with Crippen molar-refractivity contribution in [2.45, 2.75) is 0 Å². The molecule has 0 aliphatic rings. The van der Waals surface area contributed by atoms with Crippen molar-refractivity contribution in [2.24, 2.45) is 0 Å². The van der Waals surface area contributed by atoms with Gasteiger partial charge in [-0.2, -0.15) is 0 Å². The molecule has 0 aliphatic heterocycles. The summed E-state index contributed by atoms with van der Waals surface area (Å²) in [6, 6.07) is 70.0. The van der Waals surface area contributed by atoms with Crippen LogP contribution in [0.4, 0.5) is 0 Å². The molecular formula is C57H33N3O2. The number of rotatable bonds is 5. The number of benzene rings is 10. The standard InChI is InChI=1S/C57H33N3O2/c1-2-11-34(12-3-1)36-23-21-35-22-24-39(32-41(35)29-36)55-58-56(40-25-27-44-38(30-40)26-28-52-53(44)46-15-6-8-18-49(46)62-52)60-57(59-55)42-31-37-13-4-5-14-43(37)48(33-42)45-17-10-20-51-54(45)47-16-7-9-19-50(47)61-51/h1-33H. The number of aromatic nitrogens is 3. The van der Waals surface area contributed by atoms with E-state index < -0.39 is 0 Å². The highest BCUT2D eigenvalue weighted by atomic mass is 16.3. The van der Waals surface area contributed by atoms with Gasteiger partial charge in [0.1, 0.15) is 22.3 Å². The summed E-state index contributed by atoms with van der Waals surface area (Å²) in [5.74, 6) is 1.79. The third-order valence-corrected chi connectivity index (χ3v) is 12.3. The number of hydrogen-bond acceptors (Lipinski definition) is 5. The van der Waals surface area contributed by atoms with E-state index in [1.165, 1.54) is 5.56 Å². The SMILES string of the molecule is c1ccc(-c2ccc3ccc(-c4nc(-c5cc(-c6cccc7oc8ccccc8c67)c6ccccc6c5)nc(-c5ccc6c(ccc7oc8ccccc8c76)c5)n4)cc3c2)cc1. The molecule has 5 nitrogen and oxygen atoms in total. The molecule has 288 valence electrons. The first kappa shape index (κ1) is 34.5. The van der Waals surface area contributed by atoms with Crippen LogP contribution in [0, 0.1) is 0 Å². The maximum atomic E-state index is 6.37. The van der Waals surface area contributed by atoms with Crippen molar-refractivity contribution in [3.05, 3.63) is 200 Å². The van der Waals surface area contributed by atoms with Crippen LogP contribution in [0.25, 0.3) is 133 Å². The molecule has 0 fully saturated rings. The van der Waals surface area contributed by atoms with Crippen LogP contribution in [-0.2, 0) is 0 Å². The van der Waals surface area contributed by atoms with Crippen LogP contribution in [0.1, 0.15) is 0 Å². The minimum atomic E-state index is 0.593. The second kappa shape index (κ2) is 13.6. The molecule has 3 heterocycles. The van der Waals surface area contributed by atoms with Crippen molar-refractivity contribution in [1.29, 1.82) is 0 Å². The fraction of sp³-hybridized carbons (Fsp3) is 0. The summed E-state index contributed by atoms with van der Waals surface area (Å²) in [6.45, 7) is 0. The topological polar surface area (TPSA) is 65.0 Å². The molecule has 0 aliphatic carbocycles. The highest BCUT2D eigenvalue weighted by molar-refractivity contribution is 6.19. The van der Waals surface area contributed by atoms with Gasteiger partial charge in [-0.1, -0.05) is 146 Å². The van der Waals surface area contributed by atoms with E-state index in [4.69, 9.17) is 23.8 Å². The molecule has 10 aromatic carbocycles. The van der Waals surface area contributed by atoms with Gasteiger partial charge in [-0.3, -0.25) is 0 Å². The van der Waals surface area contributed by atoms with E-state index >= 15 is 0 Å². The zero-order chi connectivity index (χ0) is 40.7. The average molecular weight is 792 g/mol. The Hall–Kier alpha value is -8.41. The van der Waals surface area contributed by atoms with Gasteiger partial charge in [-0.15, -0.1) is 0 Å². The number of nitrogens with zero attached hydrogens (tertiary/aromatic N) is 3. The van der Waals surface area contributed by atoms with Gasteiger partial charge in [0.25, 0.3) is 0 Å². The summed E-state index contributed by atoms with van der Waals surface area (Å²) in [5, 5.41) is 11.1. The molecule has 0 saturated carbocycles. The first-order valence-corrected chi connectivity index (χ1v) is 20.8. The zero-order valence-corrected chi connectivity index (χ0v) is 33.2. The molecule has 0 saturated heterocycles. The predicted octanol–water partition coefficient (Wildman–Crippen LogP) is 15.5. The number of furan rings is 2.